The van der Waals surface area contributed by atoms with Gasteiger partial charge in [0.2, 0.25) is 12.1 Å². The van der Waals surface area contributed by atoms with Crippen molar-refractivity contribution in [2.24, 2.45) is 5.41 Å². The maximum atomic E-state index is 12.5. The molecule has 1 unspecified atom stereocenters. The molecule has 0 radical (unpaired) electrons. The van der Waals surface area contributed by atoms with E-state index in [2.05, 4.69) is 0 Å². The molecule has 1 fully saturated rings. The Kier molecular flexibility index (Phi) is 4.17. The SMILES string of the molecule is CN1CCCC(/C=C/[N+](=O)[O-])(Cc2ccccc2)C1=O. The van der Waals surface area contributed by atoms with Gasteiger partial charge in [-0.25, -0.2) is 0 Å². The van der Waals surface area contributed by atoms with E-state index >= 15 is 0 Å². The van der Waals surface area contributed by atoms with Crippen molar-refractivity contribution in [1.82, 2.24) is 4.90 Å². The highest BCUT2D eigenvalue weighted by Gasteiger charge is 2.41. The molecule has 1 aliphatic heterocycles. The number of hydrogen-bond donors (Lipinski definition) is 0. The largest absolute Gasteiger partial charge is 0.345 e. The second kappa shape index (κ2) is 5.86. The van der Waals surface area contributed by atoms with E-state index in [1.807, 2.05) is 30.3 Å². The molecule has 1 aliphatic rings. The number of likely N-dealkylation sites (tertiary alicyclic amines) is 1. The molecule has 5 heteroatoms. The minimum Gasteiger partial charge on any atom is -0.345 e. The van der Waals surface area contributed by atoms with Crippen molar-refractivity contribution in [3.05, 3.63) is 58.3 Å². The van der Waals surface area contributed by atoms with Gasteiger partial charge in [0.1, 0.15) is 0 Å². The Morgan fingerprint density at radius 2 is 2.10 bits per heavy atom. The summed E-state index contributed by atoms with van der Waals surface area (Å²) in [6.07, 6.45) is 4.38. The van der Waals surface area contributed by atoms with Gasteiger partial charge in [-0.15, -0.1) is 0 Å². The van der Waals surface area contributed by atoms with Gasteiger partial charge in [-0.1, -0.05) is 30.3 Å². The molecule has 0 aromatic heterocycles. The third kappa shape index (κ3) is 3.04. The maximum absolute atomic E-state index is 12.5. The zero-order valence-electron chi connectivity index (χ0n) is 11.5. The Labute approximate surface area is 118 Å². The van der Waals surface area contributed by atoms with Crippen molar-refractivity contribution in [1.29, 1.82) is 0 Å². The van der Waals surface area contributed by atoms with Crippen LogP contribution in [0.5, 0.6) is 0 Å². The number of rotatable bonds is 4. The molecule has 1 aromatic carbocycles. The molecular formula is C15H18N2O3. The van der Waals surface area contributed by atoms with Crippen LogP contribution < -0.4 is 0 Å². The number of carbonyl (C=O) groups is 1. The van der Waals surface area contributed by atoms with Gasteiger partial charge in [0.25, 0.3) is 0 Å². The van der Waals surface area contributed by atoms with Crippen LogP contribution in [0.15, 0.2) is 42.6 Å². The van der Waals surface area contributed by atoms with Gasteiger partial charge < -0.3 is 4.90 Å². The van der Waals surface area contributed by atoms with Crippen LogP contribution in [0.3, 0.4) is 0 Å². The average molecular weight is 274 g/mol. The molecular weight excluding hydrogens is 256 g/mol. The lowest BCUT2D eigenvalue weighted by Gasteiger charge is -2.37. The lowest BCUT2D eigenvalue weighted by molar-refractivity contribution is -0.403. The topological polar surface area (TPSA) is 63.4 Å². The molecule has 1 aromatic rings. The summed E-state index contributed by atoms with van der Waals surface area (Å²) in [5, 5.41) is 10.6. The van der Waals surface area contributed by atoms with Gasteiger partial charge in [0, 0.05) is 19.7 Å². The molecule has 5 nitrogen and oxygen atoms in total. The lowest BCUT2D eigenvalue weighted by Crippen LogP contribution is -2.47. The number of piperidine rings is 1. The summed E-state index contributed by atoms with van der Waals surface area (Å²) in [6, 6.07) is 9.64. The second-order valence-corrected chi connectivity index (χ2v) is 5.25. The first-order chi connectivity index (χ1) is 9.53. The number of amides is 1. The first-order valence-corrected chi connectivity index (χ1v) is 6.66. The smallest absolute Gasteiger partial charge is 0.232 e. The van der Waals surface area contributed by atoms with E-state index in [0.717, 1.165) is 18.2 Å². The number of nitro groups is 1. The molecule has 0 bridgehead atoms. The van der Waals surface area contributed by atoms with E-state index in [1.54, 1.807) is 11.9 Å². The minimum atomic E-state index is -0.790. The van der Waals surface area contributed by atoms with Crippen molar-refractivity contribution in [3.8, 4) is 0 Å². The number of benzene rings is 1. The molecule has 0 spiro atoms. The highest BCUT2D eigenvalue weighted by molar-refractivity contribution is 5.85. The van der Waals surface area contributed by atoms with Crippen LogP contribution >= 0.6 is 0 Å². The molecule has 1 saturated heterocycles. The van der Waals surface area contributed by atoms with Crippen molar-refractivity contribution in [3.63, 3.8) is 0 Å². The summed E-state index contributed by atoms with van der Waals surface area (Å²) in [6.45, 7) is 0.710. The van der Waals surface area contributed by atoms with E-state index in [1.165, 1.54) is 6.08 Å². The Hall–Kier alpha value is -2.17. The van der Waals surface area contributed by atoms with Crippen molar-refractivity contribution in [2.45, 2.75) is 19.3 Å². The average Bonchev–Trinajstić information content (AvgIpc) is 2.43. The third-order valence-corrected chi connectivity index (χ3v) is 3.77. The van der Waals surface area contributed by atoms with Gasteiger partial charge in [0.05, 0.1) is 10.3 Å². The van der Waals surface area contributed by atoms with Gasteiger partial charge in [-0.3, -0.25) is 14.9 Å². The summed E-state index contributed by atoms with van der Waals surface area (Å²) in [5.41, 5.74) is 0.227. The fourth-order valence-corrected chi connectivity index (χ4v) is 2.76. The zero-order chi connectivity index (χ0) is 14.6. The van der Waals surface area contributed by atoms with Crippen molar-refractivity contribution in [2.75, 3.05) is 13.6 Å². The Morgan fingerprint density at radius 1 is 1.40 bits per heavy atom. The van der Waals surface area contributed by atoms with E-state index in [-0.39, 0.29) is 5.91 Å². The molecule has 1 atom stereocenters. The molecule has 0 aliphatic carbocycles. The van der Waals surface area contributed by atoms with Crippen LogP contribution in [-0.2, 0) is 11.2 Å². The molecule has 1 heterocycles. The summed E-state index contributed by atoms with van der Waals surface area (Å²) in [5.74, 6) is -0.0364. The summed E-state index contributed by atoms with van der Waals surface area (Å²) in [7, 11) is 1.75. The zero-order valence-corrected chi connectivity index (χ0v) is 11.5. The lowest BCUT2D eigenvalue weighted by atomic mass is 9.74. The van der Waals surface area contributed by atoms with E-state index in [4.69, 9.17) is 0 Å². The quantitative estimate of drug-likeness (QED) is 0.625. The third-order valence-electron chi connectivity index (χ3n) is 3.77. The van der Waals surface area contributed by atoms with Crippen LogP contribution in [0.1, 0.15) is 18.4 Å². The Morgan fingerprint density at radius 3 is 2.75 bits per heavy atom. The van der Waals surface area contributed by atoms with Gasteiger partial charge in [-0.2, -0.15) is 0 Å². The first kappa shape index (κ1) is 14.2. The summed E-state index contributed by atoms with van der Waals surface area (Å²) >= 11 is 0. The predicted octanol–water partition coefficient (Wildman–Crippen LogP) is 2.26. The minimum absolute atomic E-state index is 0.0364. The highest BCUT2D eigenvalue weighted by atomic mass is 16.6. The van der Waals surface area contributed by atoms with E-state index < -0.39 is 10.3 Å². The standard InChI is InChI=1S/C15H18N2O3/c1-16-10-5-8-15(14(16)18,9-11-17(19)20)12-13-6-3-2-4-7-13/h2-4,6-7,9,11H,5,8,10,12H2,1H3/b11-9+. The van der Waals surface area contributed by atoms with Crippen LogP contribution in [0.4, 0.5) is 0 Å². The Bertz CT molecular complexity index is 527. The van der Waals surface area contributed by atoms with Crippen LogP contribution in [0.25, 0.3) is 0 Å². The number of nitrogens with zero attached hydrogens (tertiary/aromatic N) is 2. The molecule has 20 heavy (non-hydrogen) atoms. The number of carbonyl (C=O) groups excluding carboxylic acids is 1. The number of hydrogen-bond acceptors (Lipinski definition) is 3. The predicted molar refractivity (Wildman–Crippen MR) is 75.6 cm³/mol. The van der Waals surface area contributed by atoms with Gasteiger partial charge in [0.15, 0.2) is 0 Å². The normalized spacial score (nSPS) is 23.2. The van der Waals surface area contributed by atoms with Crippen LogP contribution in [0.2, 0.25) is 0 Å². The van der Waals surface area contributed by atoms with Gasteiger partial charge >= 0.3 is 0 Å². The summed E-state index contributed by atoms with van der Waals surface area (Å²) < 4.78 is 0. The van der Waals surface area contributed by atoms with E-state index in [0.29, 0.717) is 19.4 Å². The highest BCUT2D eigenvalue weighted by Crippen LogP contribution is 2.36. The molecule has 2 rings (SSSR count). The van der Waals surface area contributed by atoms with Crippen LogP contribution in [-0.4, -0.2) is 29.3 Å². The van der Waals surface area contributed by atoms with E-state index in [9.17, 15) is 14.9 Å². The fraction of sp³-hybridized carbons (Fsp3) is 0.400. The molecule has 1 amide bonds. The van der Waals surface area contributed by atoms with Crippen LogP contribution in [0, 0.1) is 15.5 Å². The summed E-state index contributed by atoms with van der Waals surface area (Å²) in [4.78, 5) is 24.3. The Balaban J connectivity index is 2.33. The van der Waals surface area contributed by atoms with Crippen molar-refractivity contribution < 1.29 is 9.72 Å². The second-order valence-electron chi connectivity index (χ2n) is 5.25. The maximum Gasteiger partial charge on any atom is 0.232 e. The fourth-order valence-electron chi connectivity index (χ4n) is 2.76. The monoisotopic (exact) mass is 274 g/mol. The van der Waals surface area contributed by atoms with Crippen molar-refractivity contribution >= 4 is 5.91 Å². The first-order valence-electron chi connectivity index (χ1n) is 6.66. The molecule has 0 N–H and O–H groups in total. The molecule has 106 valence electrons. The molecule has 0 saturated carbocycles. The van der Waals surface area contributed by atoms with Gasteiger partial charge in [-0.05, 0) is 24.8 Å².